The lowest BCUT2D eigenvalue weighted by Gasteiger charge is -2.13. The Bertz CT molecular complexity index is 1250. The highest BCUT2D eigenvalue weighted by molar-refractivity contribution is 5.57. The van der Waals surface area contributed by atoms with Crippen molar-refractivity contribution in [3.63, 3.8) is 0 Å². The molecule has 0 amide bonds. The summed E-state index contributed by atoms with van der Waals surface area (Å²) in [4.78, 5) is 12.5. The van der Waals surface area contributed by atoms with Crippen LogP contribution in [0, 0.1) is 19.1 Å². The Morgan fingerprint density at radius 2 is 1.74 bits per heavy atom. The summed E-state index contributed by atoms with van der Waals surface area (Å²) in [6, 6.07) is 6.80. The average Bonchev–Trinajstić information content (AvgIpc) is 3.25. The molecule has 1 aromatic carbocycles. The van der Waals surface area contributed by atoms with Gasteiger partial charge < -0.3 is 19.1 Å². The first kappa shape index (κ1) is 26.4. The third-order valence-electron chi connectivity index (χ3n) is 5.85. The van der Waals surface area contributed by atoms with Crippen molar-refractivity contribution < 1.29 is 24.3 Å². The number of nitrogens with one attached hydrogen (secondary N) is 1. The molecule has 0 aliphatic carbocycles. The molecule has 0 saturated carbocycles. The van der Waals surface area contributed by atoms with Gasteiger partial charge in [0.25, 0.3) is 5.95 Å². The highest BCUT2D eigenvalue weighted by Gasteiger charge is 2.28. The summed E-state index contributed by atoms with van der Waals surface area (Å²) < 4.78 is 17.0. The van der Waals surface area contributed by atoms with Crippen LogP contribution in [0.5, 0.6) is 5.95 Å². The fourth-order valence-corrected chi connectivity index (χ4v) is 4.22. The quantitative estimate of drug-likeness (QED) is 0.426. The number of methoxy groups -OCH3 is 1. The number of hydrogen-bond donors (Lipinski definition) is 2. The van der Waals surface area contributed by atoms with Crippen molar-refractivity contribution >= 4 is 11.8 Å². The molecule has 0 bridgehead atoms. The van der Waals surface area contributed by atoms with Crippen LogP contribution in [0.3, 0.4) is 0 Å². The molecule has 0 spiro atoms. The number of allylic oxidation sites excluding steroid dienone is 6. The van der Waals surface area contributed by atoms with E-state index < -0.39 is 5.23 Å². The molecule has 2 aromatic rings. The van der Waals surface area contributed by atoms with Crippen molar-refractivity contribution in [1.29, 1.82) is 0 Å². The van der Waals surface area contributed by atoms with Crippen molar-refractivity contribution in [3.8, 4) is 5.95 Å². The molecule has 2 atom stereocenters. The highest BCUT2D eigenvalue weighted by atomic mass is 16.8. The average molecular weight is 480 g/mol. The first-order valence-electron chi connectivity index (χ1n) is 11.5. The fourth-order valence-electron chi connectivity index (χ4n) is 4.22. The van der Waals surface area contributed by atoms with E-state index in [4.69, 9.17) is 19.1 Å². The second kappa shape index (κ2) is 11.5. The van der Waals surface area contributed by atoms with Crippen LogP contribution in [0.25, 0.3) is 6.08 Å². The van der Waals surface area contributed by atoms with Crippen LogP contribution in [0.4, 0.5) is 5.69 Å². The standard InChI is InChI=1S/C28H33NO6/c1-17(11-18(2)13-22-7-9-24(10-8-22)29(31)32)12-19(3)14-23-15-25(34-16-23)27-20(4)26(30)21(5)28(33-6)35-27/h7-14,25,29,31H,15-16H2,1-6H3. The molecule has 3 rings (SSSR count). The van der Waals surface area contributed by atoms with Gasteiger partial charge in [0, 0.05) is 24.1 Å². The molecule has 2 heterocycles. The summed E-state index contributed by atoms with van der Waals surface area (Å²) in [5, 5.41) is 19.1. The van der Waals surface area contributed by atoms with Gasteiger partial charge in [-0.3, -0.25) is 4.79 Å². The maximum Gasteiger partial charge on any atom is 0.291 e. The minimum atomic E-state index is -0.931. The van der Waals surface area contributed by atoms with Gasteiger partial charge in [0.1, 0.15) is 11.9 Å². The van der Waals surface area contributed by atoms with Gasteiger partial charge in [-0.05, 0) is 57.9 Å². The second-order valence-electron chi connectivity index (χ2n) is 8.94. The van der Waals surface area contributed by atoms with Gasteiger partial charge in [0.2, 0.25) is 0 Å². The molecular formula is C28H33NO6. The molecule has 1 aromatic heterocycles. The number of hydrogen-bond acceptors (Lipinski definition) is 6. The van der Waals surface area contributed by atoms with E-state index in [1.54, 1.807) is 38.1 Å². The molecule has 2 N–H and O–H groups in total. The smallest absolute Gasteiger partial charge is 0.291 e. The maximum absolute atomic E-state index is 12.5. The molecule has 7 heteroatoms. The van der Waals surface area contributed by atoms with Crippen molar-refractivity contribution in [2.24, 2.45) is 0 Å². The fraction of sp³-hybridized carbons (Fsp3) is 0.321. The van der Waals surface area contributed by atoms with Crippen LogP contribution in [0.15, 0.2) is 74.0 Å². The van der Waals surface area contributed by atoms with Crippen molar-refractivity contribution in [2.45, 2.75) is 47.1 Å². The number of benzene rings is 1. The molecule has 1 saturated heterocycles. The Morgan fingerprint density at radius 1 is 1.09 bits per heavy atom. The van der Waals surface area contributed by atoms with Crippen LogP contribution in [-0.4, -0.2) is 18.9 Å². The zero-order chi connectivity index (χ0) is 25.7. The van der Waals surface area contributed by atoms with E-state index in [1.165, 1.54) is 7.11 Å². The van der Waals surface area contributed by atoms with E-state index in [0.717, 1.165) is 27.9 Å². The predicted molar refractivity (Wildman–Crippen MR) is 136 cm³/mol. The van der Waals surface area contributed by atoms with E-state index in [-0.39, 0.29) is 23.2 Å². The predicted octanol–water partition coefficient (Wildman–Crippen LogP) is 5.05. The third-order valence-corrected chi connectivity index (χ3v) is 5.85. The lowest BCUT2D eigenvalue weighted by atomic mass is 10.0. The van der Waals surface area contributed by atoms with E-state index >= 15 is 0 Å². The number of quaternary nitrogens is 1. The Morgan fingerprint density at radius 3 is 2.37 bits per heavy atom. The zero-order valence-corrected chi connectivity index (χ0v) is 21.1. The van der Waals surface area contributed by atoms with Gasteiger partial charge in [0.05, 0.1) is 19.3 Å². The van der Waals surface area contributed by atoms with E-state index in [2.05, 4.69) is 18.2 Å². The first-order chi connectivity index (χ1) is 16.6. The highest BCUT2D eigenvalue weighted by Crippen LogP contribution is 2.35. The lowest BCUT2D eigenvalue weighted by Crippen LogP contribution is -2.99. The Hall–Kier alpha value is -3.23. The van der Waals surface area contributed by atoms with Crippen molar-refractivity contribution in [1.82, 2.24) is 0 Å². The van der Waals surface area contributed by atoms with Crippen LogP contribution in [-0.2, 0) is 4.74 Å². The Balaban J connectivity index is 1.71. The van der Waals surface area contributed by atoms with Gasteiger partial charge in [-0.2, -0.15) is 5.23 Å². The largest absolute Gasteiger partial charge is 0.595 e. The molecule has 1 aliphatic heterocycles. The summed E-state index contributed by atoms with van der Waals surface area (Å²) >= 11 is 0. The Kier molecular flexibility index (Phi) is 8.64. The molecule has 1 aliphatic rings. The summed E-state index contributed by atoms with van der Waals surface area (Å²) in [7, 11) is 1.49. The number of rotatable bonds is 7. The molecule has 2 unspecified atom stereocenters. The SMILES string of the molecule is COc1oc(C2CC(=CC(C)=CC(C)=CC(C)=Cc3ccc([NH+]([O-])O)cc3)CO2)c(C)c(=O)c1C. The van der Waals surface area contributed by atoms with Gasteiger partial charge in [-0.25, -0.2) is 5.21 Å². The second-order valence-corrected chi connectivity index (χ2v) is 8.94. The minimum absolute atomic E-state index is 0.0813. The normalized spacial score (nSPS) is 19.4. The molecule has 35 heavy (non-hydrogen) atoms. The topological polar surface area (TPSA) is 96.4 Å². The first-order valence-corrected chi connectivity index (χ1v) is 11.5. The molecule has 186 valence electrons. The monoisotopic (exact) mass is 479 g/mol. The third kappa shape index (κ3) is 6.68. The minimum Gasteiger partial charge on any atom is -0.595 e. The molecule has 7 nitrogen and oxygen atoms in total. The summed E-state index contributed by atoms with van der Waals surface area (Å²) in [6.45, 7) is 10.0. The lowest BCUT2D eigenvalue weighted by molar-refractivity contribution is -0.991. The summed E-state index contributed by atoms with van der Waals surface area (Å²) in [6.07, 6.45) is 8.64. The van der Waals surface area contributed by atoms with Crippen LogP contribution in [0.1, 0.15) is 55.7 Å². The molecular weight excluding hydrogens is 446 g/mol. The molecule has 1 fully saturated rings. The summed E-state index contributed by atoms with van der Waals surface area (Å²) in [5.74, 6) is 0.755. The van der Waals surface area contributed by atoms with E-state index in [1.807, 2.05) is 26.8 Å². The van der Waals surface area contributed by atoms with Gasteiger partial charge in [-0.15, -0.1) is 0 Å². The van der Waals surface area contributed by atoms with Crippen LogP contribution >= 0.6 is 0 Å². The van der Waals surface area contributed by atoms with Crippen LogP contribution < -0.4 is 15.4 Å². The van der Waals surface area contributed by atoms with Crippen LogP contribution in [0.2, 0.25) is 0 Å². The van der Waals surface area contributed by atoms with Gasteiger partial charge in [0.15, 0.2) is 11.1 Å². The van der Waals surface area contributed by atoms with E-state index in [0.29, 0.717) is 29.9 Å². The number of ether oxygens (including phenoxy) is 2. The summed E-state index contributed by atoms with van der Waals surface area (Å²) in [5.41, 5.74) is 6.53. The molecule has 0 radical (unpaired) electrons. The van der Waals surface area contributed by atoms with Gasteiger partial charge >= 0.3 is 0 Å². The van der Waals surface area contributed by atoms with Gasteiger partial charge in [-0.1, -0.05) is 41.0 Å². The Labute approximate surface area is 205 Å². The van der Waals surface area contributed by atoms with E-state index in [9.17, 15) is 10.0 Å². The maximum atomic E-state index is 12.5. The zero-order valence-electron chi connectivity index (χ0n) is 21.1. The van der Waals surface area contributed by atoms with Crippen molar-refractivity contribution in [3.05, 3.63) is 103 Å². The van der Waals surface area contributed by atoms with Crippen molar-refractivity contribution in [2.75, 3.05) is 13.7 Å².